The Morgan fingerprint density at radius 3 is 2.50 bits per heavy atom. The van der Waals surface area contributed by atoms with Crippen molar-refractivity contribution in [2.45, 2.75) is 0 Å². The normalized spacial score (nSPS) is 10.1. The van der Waals surface area contributed by atoms with Crippen LogP contribution in [0.3, 0.4) is 0 Å². The summed E-state index contributed by atoms with van der Waals surface area (Å²) in [5.74, 6) is 0. The molecule has 0 saturated heterocycles. The van der Waals surface area contributed by atoms with Gasteiger partial charge >= 0.3 is 0 Å². The minimum atomic E-state index is 0.748. The van der Waals surface area contributed by atoms with E-state index in [1.54, 1.807) is 0 Å². The number of rotatable bonds is 2. The van der Waals surface area contributed by atoms with Crippen molar-refractivity contribution in [2.75, 3.05) is 11.1 Å². The lowest BCUT2D eigenvalue weighted by molar-refractivity contribution is 1.51. The predicted molar refractivity (Wildman–Crippen MR) is 76.0 cm³/mol. The zero-order valence-corrected chi connectivity index (χ0v) is 11.5. The molecule has 2 aromatic carbocycles. The van der Waals surface area contributed by atoms with Gasteiger partial charge in [0, 0.05) is 20.3 Å². The topological polar surface area (TPSA) is 38.0 Å². The van der Waals surface area contributed by atoms with Crippen LogP contribution in [0.15, 0.2) is 51.4 Å². The molecule has 0 amide bonds. The molecule has 0 heterocycles. The summed E-state index contributed by atoms with van der Waals surface area (Å²) in [6.45, 7) is 0. The number of nitrogens with one attached hydrogen (secondary N) is 1. The predicted octanol–water partition coefficient (Wildman–Crippen LogP) is 4.54. The molecule has 4 heteroatoms. The molecule has 3 N–H and O–H groups in total. The third-order valence-electron chi connectivity index (χ3n) is 2.10. The number of anilines is 3. The van der Waals surface area contributed by atoms with Crippen molar-refractivity contribution >= 4 is 48.9 Å². The van der Waals surface area contributed by atoms with Crippen molar-refractivity contribution in [1.29, 1.82) is 0 Å². The summed E-state index contributed by atoms with van der Waals surface area (Å²) in [5.41, 5.74) is 8.45. The van der Waals surface area contributed by atoms with Crippen molar-refractivity contribution in [3.05, 3.63) is 51.4 Å². The molecule has 0 aliphatic heterocycles. The van der Waals surface area contributed by atoms with Crippen LogP contribution in [-0.4, -0.2) is 0 Å². The van der Waals surface area contributed by atoms with E-state index in [1.165, 1.54) is 0 Å². The van der Waals surface area contributed by atoms with Crippen molar-refractivity contribution in [3.63, 3.8) is 0 Å². The van der Waals surface area contributed by atoms with Crippen LogP contribution in [0.1, 0.15) is 0 Å². The number of hydrogen-bond acceptors (Lipinski definition) is 2. The maximum absolute atomic E-state index is 5.72. The monoisotopic (exact) mass is 340 g/mol. The molecule has 2 rings (SSSR count). The summed E-state index contributed by atoms with van der Waals surface area (Å²) in [4.78, 5) is 0. The lowest BCUT2D eigenvalue weighted by atomic mass is 10.2. The summed E-state index contributed by atoms with van der Waals surface area (Å²) in [6.07, 6.45) is 0. The second-order valence-electron chi connectivity index (χ2n) is 3.37. The van der Waals surface area contributed by atoms with Crippen molar-refractivity contribution in [1.82, 2.24) is 0 Å². The van der Waals surface area contributed by atoms with E-state index in [2.05, 4.69) is 37.2 Å². The largest absolute Gasteiger partial charge is 0.399 e. The molecule has 0 radical (unpaired) electrons. The van der Waals surface area contributed by atoms with E-state index in [0.29, 0.717) is 0 Å². The average Bonchev–Trinajstić information content (AvgIpc) is 2.22. The summed E-state index contributed by atoms with van der Waals surface area (Å²) < 4.78 is 2.04. The van der Waals surface area contributed by atoms with Gasteiger partial charge in [0.25, 0.3) is 0 Å². The van der Waals surface area contributed by atoms with Gasteiger partial charge < -0.3 is 11.1 Å². The molecule has 0 saturated carbocycles. The fraction of sp³-hybridized carbons (Fsp3) is 0. The Hall–Kier alpha value is -1.000. The number of nitrogens with two attached hydrogens (primary N) is 1. The van der Waals surface area contributed by atoms with Gasteiger partial charge in [-0.3, -0.25) is 0 Å². The molecule has 2 nitrogen and oxygen atoms in total. The van der Waals surface area contributed by atoms with Crippen LogP contribution >= 0.6 is 31.9 Å². The summed E-state index contributed by atoms with van der Waals surface area (Å²) in [7, 11) is 0. The van der Waals surface area contributed by atoms with E-state index in [-0.39, 0.29) is 0 Å². The highest BCUT2D eigenvalue weighted by Crippen LogP contribution is 2.29. The molecule has 0 fully saturated rings. The van der Waals surface area contributed by atoms with Gasteiger partial charge in [0.15, 0.2) is 0 Å². The minimum absolute atomic E-state index is 0.748. The van der Waals surface area contributed by atoms with E-state index in [9.17, 15) is 0 Å². The van der Waals surface area contributed by atoms with Gasteiger partial charge in [0.2, 0.25) is 0 Å². The number of hydrogen-bond donors (Lipinski definition) is 2. The van der Waals surface area contributed by atoms with E-state index in [0.717, 1.165) is 26.0 Å². The minimum Gasteiger partial charge on any atom is -0.399 e. The first-order chi connectivity index (χ1) is 7.65. The Kier molecular flexibility index (Phi) is 3.51. The highest BCUT2D eigenvalue weighted by molar-refractivity contribution is 9.11. The van der Waals surface area contributed by atoms with Crippen LogP contribution in [0.5, 0.6) is 0 Å². The first-order valence-corrected chi connectivity index (χ1v) is 6.31. The van der Waals surface area contributed by atoms with Crippen LogP contribution in [0.4, 0.5) is 17.1 Å². The molecule has 0 aliphatic carbocycles. The maximum atomic E-state index is 5.72. The Morgan fingerprint density at radius 1 is 1.00 bits per heavy atom. The van der Waals surface area contributed by atoms with Crippen molar-refractivity contribution in [2.24, 2.45) is 0 Å². The fourth-order valence-corrected chi connectivity index (χ4v) is 2.51. The SMILES string of the molecule is Nc1cccc(Nc2ccc(Br)cc2Br)c1. The average molecular weight is 342 g/mol. The van der Waals surface area contributed by atoms with Crippen LogP contribution in [0.2, 0.25) is 0 Å². The molecule has 0 bridgehead atoms. The molecule has 82 valence electrons. The van der Waals surface area contributed by atoms with Gasteiger partial charge in [-0.25, -0.2) is 0 Å². The van der Waals surface area contributed by atoms with Crippen LogP contribution in [0, 0.1) is 0 Å². The summed E-state index contributed by atoms with van der Waals surface area (Å²) in [5, 5.41) is 3.29. The first kappa shape index (κ1) is 11.5. The van der Waals surface area contributed by atoms with Gasteiger partial charge in [-0.15, -0.1) is 0 Å². The summed E-state index contributed by atoms with van der Waals surface area (Å²) in [6, 6.07) is 13.6. The number of benzene rings is 2. The highest BCUT2D eigenvalue weighted by Gasteiger charge is 2.01. The Labute approximate surface area is 111 Å². The van der Waals surface area contributed by atoms with Crippen molar-refractivity contribution in [3.8, 4) is 0 Å². The smallest absolute Gasteiger partial charge is 0.0529 e. The van der Waals surface area contributed by atoms with Crippen molar-refractivity contribution < 1.29 is 0 Å². The van der Waals surface area contributed by atoms with Gasteiger partial charge in [-0.1, -0.05) is 22.0 Å². The molecular formula is C12H10Br2N2. The molecular weight excluding hydrogens is 332 g/mol. The standard InChI is InChI=1S/C12H10Br2N2/c13-8-4-5-12(11(14)6-8)16-10-3-1-2-9(15)7-10/h1-7,16H,15H2. The zero-order valence-electron chi connectivity index (χ0n) is 8.37. The quantitative estimate of drug-likeness (QED) is 0.787. The zero-order chi connectivity index (χ0) is 11.5. The van der Waals surface area contributed by atoms with E-state index >= 15 is 0 Å². The van der Waals surface area contributed by atoms with Gasteiger partial charge in [-0.2, -0.15) is 0 Å². The maximum Gasteiger partial charge on any atom is 0.0529 e. The van der Waals surface area contributed by atoms with Gasteiger partial charge in [0.1, 0.15) is 0 Å². The van der Waals surface area contributed by atoms with Crippen LogP contribution in [0.25, 0.3) is 0 Å². The third-order valence-corrected chi connectivity index (χ3v) is 3.25. The molecule has 0 spiro atoms. The summed E-state index contributed by atoms with van der Waals surface area (Å²) >= 11 is 6.91. The molecule has 0 atom stereocenters. The number of nitrogen functional groups attached to an aromatic ring is 1. The molecule has 16 heavy (non-hydrogen) atoms. The Morgan fingerprint density at radius 2 is 1.81 bits per heavy atom. The highest BCUT2D eigenvalue weighted by atomic mass is 79.9. The number of halogens is 2. The second-order valence-corrected chi connectivity index (χ2v) is 5.14. The Balaban J connectivity index is 2.27. The lowest BCUT2D eigenvalue weighted by Crippen LogP contribution is -1.92. The Bertz CT molecular complexity index is 512. The molecule has 2 aromatic rings. The van der Waals surface area contributed by atoms with E-state index < -0.39 is 0 Å². The molecule has 0 unspecified atom stereocenters. The van der Waals surface area contributed by atoms with Gasteiger partial charge in [0.05, 0.1) is 5.69 Å². The van der Waals surface area contributed by atoms with Crippen LogP contribution in [-0.2, 0) is 0 Å². The lowest BCUT2D eigenvalue weighted by Gasteiger charge is -2.09. The first-order valence-electron chi connectivity index (χ1n) is 4.73. The molecule has 0 aliphatic rings. The second kappa shape index (κ2) is 4.89. The van der Waals surface area contributed by atoms with E-state index in [1.807, 2.05) is 42.5 Å². The third kappa shape index (κ3) is 2.77. The molecule has 0 aromatic heterocycles. The van der Waals surface area contributed by atoms with Crippen LogP contribution < -0.4 is 11.1 Å². The van der Waals surface area contributed by atoms with E-state index in [4.69, 9.17) is 5.73 Å². The fourth-order valence-electron chi connectivity index (χ4n) is 1.36. The van der Waals surface area contributed by atoms with Gasteiger partial charge in [-0.05, 0) is 52.3 Å².